The monoisotopic (exact) mass is 257 g/mol. The molecule has 0 aromatic carbocycles. The van der Waals surface area contributed by atoms with E-state index in [1.165, 1.54) is 6.42 Å². The SMILES string of the molecule is CCC(C)N1CCN(C(C)CC(C)(O)CN)CC1. The maximum atomic E-state index is 10.0. The van der Waals surface area contributed by atoms with Crippen molar-refractivity contribution in [1.29, 1.82) is 0 Å². The predicted molar refractivity (Wildman–Crippen MR) is 76.7 cm³/mol. The standard InChI is InChI=1S/C14H31N3O/c1-5-12(2)16-6-8-17(9-7-16)13(3)10-14(4,18)11-15/h12-13,18H,5-11,15H2,1-4H3. The summed E-state index contributed by atoms with van der Waals surface area (Å²) in [6.07, 6.45) is 1.98. The largest absolute Gasteiger partial charge is 0.389 e. The van der Waals surface area contributed by atoms with E-state index < -0.39 is 5.60 Å². The molecule has 0 aromatic heterocycles. The van der Waals surface area contributed by atoms with Gasteiger partial charge in [0, 0.05) is 44.8 Å². The minimum Gasteiger partial charge on any atom is -0.389 e. The van der Waals surface area contributed by atoms with Crippen LogP contribution in [-0.2, 0) is 0 Å². The number of piperazine rings is 1. The molecule has 0 radical (unpaired) electrons. The minimum atomic E-state index is -0.729. The van der Waals surface area contributed by atoms with Gasteiger partial charge in [0.15, 0.2) is 0 Å². The van der Waals surface area contributed by atoms with Gasteiger partial charge in [-0.2, -0.15) is 0 Å². The molecule has 108 valence electrons. The Balaban J connectivity index is 2.38. The first-order chi connectivity index (χ1) is 8.39. The molecule has 0 amide bonds. The molecule has 1 rings (SSSR count). The normalized spacial score (nSPS) is 25.7. The average Bonchev–Trinajstić information content (AvgIpc) is 2.37. The lowest BCUT2D eigenvalue weighted by atomic mass is 9.96. The summed E-state index contributed by atoms with van der Waals surface area (Å²) in [4.78, 5) is 5.04. The van der Waals surface area contributed by atoms with Gasteiger partial charge in [0.2, 0.25) is 0 Å². The lowest BCUT2D eigenvalue weighted by Gasteiger charge is -2.41. The molecule has 4 heteroatoms. The number of nitrogens with zero attached hydrogens (tertiary/aromatic N) is 2. The number of aliphatic hydroxyl groups is 1. The Hall–Kier alpha value is -0.160. The summed E-state index contributed by atoms with van der Waals surface area (Å²) in [6, 6.07) is 1.09. The van der Waals surface area contributed by atoms with Crippen LogP contribution in [0.4, 0.5) is 0 Å². The summed E-state index contributed by atoms with van der Waals surface area (Å²) in [6.45, 7) is 13.4. The molecule has 3 unspecified atom stereocenters. The molecule has 1 fully saturated rings. The van der Waals surface area contributed by atoms with E-state index in [0.29, 0.717) is 18.6 Å². The van der Waals surface area contributed by atoms with Crippen LogP contribution >= 0.6 is 0 Å². The van der Waals surface area contributed by atoms with Crippen LogP contribution in [0.25, 0.3) is 0 Å². The molecule has 0 saturated carbocycles. The lowest BCUT2D eigenvalue weighted by molar-refractivity contribution is 0.0114. The number of nitrogens with two attached hydrogens (primary N) is 1. The van der Waals surface area contributed by atoms with Gasteiger partial charge in [0.1, 0.15) is 0 Å². The number of hydrogen-bond acceptors (Lipinski definition) is 4. The van der Waals surface area contributed by atoms with E-state index in [1.54, 1.807) is 0 Å². The van der Waals surface area contributed by atoms with Gasteiger partial charge in [-0.1, -0.05) is 6.92 Å². The molecule has 1 aliphatic heterocycles. The fraction of sp³-hybridized carbons (Fsp3) is 1.00. The van der Waals surface area contributed by atoms with Crippen LogP contribution in [0.1, 0.15) is 40.5 Å². The highest BCUT2D eigenvalue weighted by Gasteiger charge is 2.28. The fourth-order valence-corrected chi connectivity index (χ4v) is 2.73. The summed E-state index contributed by atoms with van der Waals surface area (Å²) in [5, 5.41) is 10.0. The van der Waals surface area contributed by atoms with E-state index >= 15 is 0 Å². The second kappa shape index (κ2) is 6.85. The van der Waals surface area contributed by atoms with Gasteiger partial charge in [-0.05, 0) is 33.6 Å². The van der Waals surface area contributed by atoms with Crippen molar-refractivity contribution < 1.29 is 5.11 Å². The second-order valence-corrected chi connectivity index (χ2v) is 6.08. The molecule has 1 heterocycles. The van der Waals surface area contributed by atoms with Crippen LogP contribution in [0.5, 0.6) is 0 Å². The van der Waals surface area contributed by atoms with Gasteiger partial charge in [-0.15, -0.1) is 0 Å². The van der Waals surface area contributed by atoms with Crippen molar-refractivity contribution in [3.63, 3.8) is 0 Å². The lowest BCUT2D eigenvalue weighted by Crippen LogP contribution is -2.53. The van der Waals surface area contributed by atoms with Crippen molar-refractivity contribution in [2.75, 3.05) is 32.7 Å². The van der Waals surface area contributed by atoms with Crippen LogP contribution in [-0.4, -0.2) is 65.3 Å². The zero-order valence-corrected chi connectivity index (χ0v) is 12.5. The molecule has 1 aliphatic rings. The summed E-state index contributed by atoms with van der Waals surface area (Å²) in [5.74, 6) is 0. The molecule has 3 atom stereocenters. The zero-order valence-electron chi connectivity index (χ0n) is 12.5. The van der Waals surface area contributed by atoms with Gasteiger partial charge >= 0.3 is 0 Å². The van der Waals surface area contributed by atoms with E-state index in [0.717, 1.165) is 32.6 Å². The molecule has 0 bridgehead atoms. The summed E-state index contributed by atoms with van der Waals surface area (Å²) < 4.78 is 0. The molecule has 3 N–H and O–H groups in total. The third-order valence-electron chi connectivity index (χ3n) is 4.36. The van der Waals surface area contributed by atoms with E-state index in [4.69, 9.17) is 5.73 Å². The first-order valence-corrected chi connectivity index (χ1v) is 7.30. The maximum absolute atomic E-state index is 10.0. The number of rotatable bonds is 6. The van der Waals surface area contributed by atoms with Crippen LogP contribution < -0.4 is 5.73 Å². The predicted octanol–water partition coefficient (Wildman–Crippen LogP) is 0.891. The Labute approximate surface area is 112 Å². The zero-order chi connectivity index (χ0) is 13.8. The molecular weight excluding hydrogens is 226 g/mol. The van der Waals surface area contributed by atoms with E-state index in [2.05, 4.69) is 30.6 Å². The van der Waals surface area contributed by atoms with Crippen molar-refractivity contribution in [3.8, 4) is 0 Å². The Morgan fingerprint density at radius 2 is 1.56 bits per heavy atom. The van der Waals surface area contributed by atoms with Crippen LogP contribution in [0.2, 0.25) is 0 Å². The summed E-state index contributed by atoms with van der Waals surface area (Å²) >= 11 is 0. The van der Waals surface area contributed by atoms with Gasteiger partial charge < -0.3 is 10.8 Å². The van der Waals surface area contributed by atoms with E-state index in [1.807, 2.05) is 6.92 Å². The molecule has 1 saturated heterocycles. The first-order valence-electron chi connectivity index (χ1n) is 7.30. The van der Waals surface area contributed by atoms with Crippen molar-refractivity contribution >= 4 is 0 Å². The number of hydrogen-bond donors (Lipinski definition) is 2. The van der Waals surface area contributed by atoms with Crippen molar-refractivity contribution in [1.82, 2.24) is 9.80 Å². The molecule has 0 aromatic rings. The third kappa shape index (κ3) is 4.50. The van der Waals surface area contributed by atoms with Crippen molar-refractivity contribution in [2.24, 2.45) is 5.73 Å². The van der Waals surface area contributed by atoms with E-state index in [9.17, 15) is 5.11 Å². The highest BCUT2D eigenvalue weighted by molar-refractivity contribution is 4.84. The molecule has 0 aliphatic carbocycles. The second-order valence-electron chi connectivity index (χ2n) is 6.08. The quantitative estimate of drug-likeness (QED) is 0.742. The van der Waals surface area contributed by atoms with Crippen LogP contribution in [0, 0.1) is 0 Å². The van der Waals surface area contributed by atoms with Crippen LogP contribution in [0.15, 0.2) is 0 Å². The summed E-state index contributed by atoms with van der Waals surface area (Å²) in [7, 11) is 0. The van der Waals surface area contributed by atoms with Gasteiger partial charge in [0.05, 0.1) is 5.60 Å². The first kappa shape index (κ1) is 15.9. The smallest absolute Gasteiger partial charge is 0.0756 e. The molecule has 18 heavy (non-hydrogen) atoms. The van der Waals surface area contributed by atoms with Crippen molar-refractivity contribution in [3.05, 3.63) is 0 Å². The van der Waals surface area contributed by atoms with E-state index in [-0.39, 0.29) is 0 Å². The van der Waals surface area contributed by atoms with Crippen molar-refractivity contribution in [2.45, 2.75) is 58.2 Å². The topological polar surface area (TPSA) is 52.7 Å². The highest BCUT2D eigenvalue weighted by Crippen LogP contribution is 2.17. The fourth-order valence-electron chi connectivity index (χ4n) is 2.73. The average molecular weight is 257 g/mol. The maximum Gasteiger partial charge on any atom is 0.0756 e. The highest BCUT2D eigenvalue weighted by atomic mass is 16.3. The van der Waals surface area contributed by atoms with Gasteiger partial charge in [-0.3, -0.25) is 9.80 Å². The Morgan fingerprint density at radius 1 is 1.11 bits per heavy atom. The van der Waals surface area contributed by atoms with Gasteiger partial charge in [-0.25, -0.2) is 0 Å². The Kier molecular flexibility index (Phi) is 6.05. The van der Waals surface area contributed by atoms with Crippen LogP contribution in [0.3, 0.4) is 0 Å². The summed E-state index contributed by atoms with van der Waals surface area (Å²) in [5.41, 5.74) is 4.86. The Bertz CT molecular complexity index is 237. The molecule has 4 nitrogen and oxygen atoms in total. The Morgan fingerprint density at radius 3 is 1.94 bits per heavy atom. The minimum absolute atomic E-state index is 0.337. The molecule has 0 spiro atoms. The molecular formula is C14H31N3O. The third-order valence-corrected chi connectivity index (χ3v) is 4.36. The van der Waals surface area contributed by atoms with Gasteiger partial charge in [0.25, 0.3) is 0 Å².